The Morgan fingerprint density at radius 1 is 0.921 bits per heavy atom. The normalized spacial score (nSPS) is 13.5. The molecule has 38 heavy (non-hydrogen) atoms. The minimum absolute atomic E-state index is 0.0362. The zero-order valence-corrected chi connectivity index (χ0v) is 21.3. The van der Waals surface area contributed by atoms with Gasteiger partial charge in [-0.3, -0.25) is 4.79 Å². The third kappa shape index (κ3) is 7.03. The van der Waals surface area contributed by atoms with E-state index in [1.165, 1.54) is 13.2 Å². The van der Waals surface area contributed by atoms with E-state index < -0.39 is 5.97 Å². The number of anilines is 1. The van der Waals surface area contributed by atoms with Crippen LogP contribution < -0.4 is 14.8 Å². The first-order valence-corrected chi connectivity index (χ1v) is 12.3. The number of likely N-dealkylation sites (tertiary alicyclic amines) is 1. The molecule has 0 atom stereocenters. The van der Waals surface area contributed by atoms with Gasteiger partial charge in [0.1, 0.15) is 23.4 Å². The highest BCUT2D eigenvalue weighted by atomic mass is 16.5. The number of amides is 2. The molecule has 0 aromatic heterocycles. The number of aromatic carboxylic acids is 1. The van der Waals surface area contributed by atoms with Crippen LogP contribution in [-0.4, -0.2) is 54.3 Å². The summed E-state index contributed by atoms with van der Waals surface area (Å²) in [7, 11) is 1.38. The summed E-state index contributed by atoms with van der Waals surface area (Å²) in [6.07, 6.45) is 1.30. The third-order valence-corrected chi connectivity index (χ3v) is 6.20. The molecule has 2 N–H and O–H groups in total. The van der Waals surface area contributed by atoms with Gasteiger partial charge in [-0.15, -0.1) is 0 Å². The van der Waals surface area contributed by atoms with E-state index in [0.717, 1.165) is 29.7 Å². The lowest BCUT2D eigenvalue weighted by Crippen LogP contribution is -2.41. The molecular formula is C29H30N2O7. The fraction of sp³-hybridized carbons (Fsp3) is 0.276. The number of methoxy groups -OCH3 is 1. The Hall–Kier alpha value is -4.53. The molecule has 9 heteroatoms. The number of hydrogen-bond acceptors (Lipinski definition) is 6. The van der Waals surface area contributed by atoms with E-state index >= 15 is 0 Å². The predicted octanol–water partition coefficient (Wildman–Crippen LogP) is 5.28. The van der Waals surface area contributed by atoms with Crippen LogP contribution in [0.1, 0.15) is 34.3 Å². The van der Waals surface area contributed by atoms with Crippen molar-refractivity contribution < 1.29 is 33.7 Å². The number of carbonyl (C=O) groups excluding carboxylic acids is 2. The summed E-state index contributed by atoms with van der Waals surface area (Å²) in [4.78, 5) is 37.2. The molecule has 0 spiro atoms. The molecule has 1 fully saturated rings. The van der Waals surface area contributed by atoms with Crippen molar-refractivity contribution in [2.24, 2.45) is 0 Å². The molecule has 2 amide bonds. The van der Waals surface area contributed by atoms with E-state index in [9.17, 15) is 19.5 Å². The predicted molar refractivity (Wildman–Crippen MR) is 141 cm³/mol. The maximum Gasteiger partial charge on any atom is 0.409 e. The summed E-state index contributed by atoms with van der Waals surface area (Å²) in [6, 6.07) is 19.3. The van der Waals surface area contributed by atoms with Crippen molar-refractivity contribution in [1.29, 1.82) is 0 Å². The average Bonchev–Trinajstić information content (AvgIpc) is 2.92. The summed E-state index contributed by atoms with van der Waals surface area (Å²) in [6.45, 7) is 3.00. The number of piperidine rings is 1. The van der Waals surface area contributed by atoms with Crippen molar-refractivity contribution >= 4 is 23.7 Å². The number of rotatable bonds is 8. The largest absolute Gasteiger partial charge is 0.490 e. The number of carbonyl (C=O) groups is 3. The molecule has 9 nitrogen and oxygen atoms in total. The van der Waals surface area contributed by atoms with Crippen LogP contribution in [0, 0.1) is 6.92 Å². The second-order valence-electron chi connectivity index (χ2n) is 9.07. The topological polar surface area (TPSA) is 114 Å². The fourth-order valence-electron chi connectivity index (χ4n) is 4.20. The number of nitrogens with zero attached hydrogens (tertiary/aromatic N) is 1. The Morgan fingerprint density at radius 2 is 1.53 bits per heavy atom. The van der Waals surface area contributed by atoms with Crippen LogP contribution in [0.2, 0.25) is 0 Å². The van der Waals surface area contributed by atoms with E-state index in [1.54, 1.807) is 48.2 Å². The van der Waals surface area contributed by atoms with Crippen molar-refractivity contribution in [1.82, 2.24) is 4.90 Å². The Balaban J connectivity index is 1.27. The highest BCUT2D eigenvalue weighted by molar-refractivity contribution is 6.01. The maximum atomic E-state index is 12.5. The van der Waals surface area contributed by atoms with Gasteiger partial charge in [0.15, 0.2) is 0 Å². The molecule has 0 unspecified atom stereocenters. The molecule has 1 aliphatic rings. The smallest absolute Gasteiger partial charge is 0.409 e. The minimum atomic E-state index is -1.09. The third-order valence-electron chi connectivity index (χ3n) is 6.20. The lowest BCUT2D eigenvalue weighted by Gasteiger charge is -2.31. The van der Waals surface area contributed by atoms with Crippen molar-refractivity contribution in [3.05, 3.63) is 83.4 Å². The van der Waals surface area contributed by atoms with Gasteiger partial charge in [-0.1, -0.05) is 23.8 Å². The number of hydrogen-bond donors (Lipinski definition) is 2. The zero-order chi connectivity index (χ0) is 27.1. The Labute approximate surface area is 220 Å². The lowest BCUT2D eigenvalue weighted by atomic mass is 10.1. The quantitative estimate of drug-likeness (QED) is 0.417. The average molecular weight is 519 g/mol. The van der Waals surface area contributed by atoms with Gasteiger partial charge in [-0.05, 0) is 61.0 Å². The highest BCUT2D eigenvalue weighted by Crippen LogP contribution is 2.26. The SMILES string of the molecule is COC(=O)N1CCC(Oc2ccc(Oc3ccc(CC(=O)Nc4ccc(C)cc4C(=O)O)cc3)cc2)CC1. The summed E-state index contributed by atoms with van der Waals surface area (Å²) in [5, 5.41) is 12.1. The first kappa shape index (κ1) is 26.5. The number of carboxylic acid groups (broad SMARTS) is 1. The van der Waals surface area contributed by atoms with Gasteiger partial charge in [0, 0.05) is 25.9 Å². The molecule has 0 aliphatic carbocycles. The Morgan fingerprint density at radius 3 is 2.13 bits per heavy atom. The van der Waals surface area contributed by atoms with Crippen molar-refractivity contribution in [3.8, 4) is 17.2 Å². The number of ether oxygens (including phenoxy) is 3. The van der Waals surface area contributed by atoms with Crippen molar-refractivity contribution in [2.75, 3.05) is 25.5 Å². The molecule has 0 saturated carbocycles. The van der Waals surface area contributed by atoms with E-state index in [2.05, 4.69) is 5.32 Å². The van der Waals surface area contributed by atoms with Gasteiger partial charge in [0.05, 0.1) is 24.8 Å². The number of carboxylic acids is 1. The van der Waals surface area contributed by atoms with E-state index in [0.29, 0.717) is 24.6 Å². The second kappa shape index (κ2) is 12.1. The van der Waals surface area contributed by atoms with Crippen LogP contribution in [-0.2, 0) is 16.0 Å². The standard InChI is InChI=1S/C29H30N2O7/c1-19-3-12-26(25(17-19)28(33)34)30-27(32)18-20-4-6-21(7-5-20)37-22-8-10-23(11-9-22)38-24-13-15-31(16-14-24)29(35)36-2/h3-12,17,24H,13-16,18H2,1-2H3,(H,30,32)(H,33,34). The molecule has 0 radical (unpaired) electrons. The number of nitrogens with one attached hydrogen (secondary N) is 1. The number of aryl methyl sites for hydroxylation is 1. The van der Waals surface area contributed by atoms with Crippen LogP contribution >= 0.6 is 0 Å². The van der Waals surface area contributed by atoms with Crippen LogP contribution in [0.25, 0.3) is 0 Å². The lowest BCUT2D eigenvalue weighted by molar-refractivity contribution is -0.115. The molecule has 4 rings (SSSR count). The van der Waals surface area contributed by atoms with Crippen molar-refractivity contribution in [2.45, 2.75) is 32.3 Å². The molecule has 1 heterocycles. The summed E-state index contributed by atoms with van der Waals surface area (Å²) in [5.74, 6) is 0.589. The second-order valence-corrected chi connectivity index (χ2v) is 9.07. The van der Waals surface area contributed by atoms with Crippen LogP contribution in [0.4, 0.5) is 10.5 Å². The number of benzene rings is 3. The fourth-order valence-corrected chi connectivity index (χ4v) is 4.20. The molecule has 1 aliphatic heterocycles. The van der Waals surface area contributed by atoms with Crippen LogP contribution in [0.15, 0.2) is 66.7 Å². The first-order valence-electron chi connectivity index (χ1n) is 12.3. The Kier molecular flexibility index (Phi) is 8.47. The zero-order valence-electron chi connectivity index (χ0n) is 21.3. The van der Waals surface area contributed by atoms with Gasteiger partial charge in [-0.2, -0.15) is 0 Å². The van der Waals surface area contributed by atoms with Gasteiger partial charge in [0.25, 0.3) is 0 Å². The van der Waals surface area contributed by atoms with Gasteiger partial charge in [-0.25, -0.2) is 9.59 Å². The minimum Gasteiger partial charge on any atom is -0.490 e. The molecule has 1 saturated heterocycles. The summed E-state index contributed by atoms with van der Waals surface area (Å²) in [5.41, 5.74) is 1.89. The van der Waals surface area contributed by atoms with E-state index in [1.807, 2.05) is 24.3 Å². The van der Waals surface area contributed by atoms with Crippen molar-refractivity contribution in [3.63, 3.8) is 0 Å². The van der Waals surface area contributed by atoms with Crippen LogP contribution in [0.5, 0.6) is 17.2 Å². The maximum absolute atomic E-state index is 12.5. The Bertz CT molecular complexity index is 1280. The summed E-state index contributed by atoms with van der Waals surface area (Å²) >= 11 is 0. The molecule has 3 aromatic rings. The van der Waals surface area contributed by atoms with Crippen LogP contribution in [0.3, 0.4) is 0 Å². The van der Waals surface area contributed by atoms with Gasteiger partial charge < -0.3 is 29.5 Å². The molecule has 3 aromatic carbocycles. The summed E-state index contributed by atoms with van der Waals surface area (Å²) < 4.78 is 16.7. The monoisotopic (exact) mass is 518 g/mol. The van der Waals surface area contributed by atoms with E-state index in [4.69, 9.17) is 14.2 Å². The van der Waals surface area contributed by atoms with Gasteiger partial charge >= 0.3 is 12.1 Å². The first-order chi connectivity index (χ1) is 18.3. The highest BCUT2D eigenvalue weighted by Gasteiger charge is 2.24. The molecular weight excluding hydrogens is 488 g/mol. The van der Waals surface area contributed by atoms with E-state index in [-0.39, 0.29) is 35.8 Å². The molecule has 198 valence electrons. The van der Waals surface area contributed by atoms with Gasteiger partial charge in [0.2, 0.25) is 5.91 Å². The molecule has 0 bridgehead atoms.